The Morgan fingerprint density at radius 2 is 1.86 bits per heavy atom. The van der Waals surface area contributed by atoms with Gasteiger partial charge in [-0.15, -0.1) is 0 Å². The maximum atomic E-state index is 14.8. The molecular formula is C52H73N9O8. The molecule has 2 aromatic heterocycles. The molecule has 17 nitrogen and oxygen atoms in total. The molecule has 17 heteroatoms. The van der Waals surface area contributed by atoms with Crippen molar-refractivity contribution in [2.24, 2.45) is 11.3 Å². The Balaban J connectivity index is 1.12. The van der Waals surface area contributed by atoms with E-state index in [1.807, 2.05) is 38.7 Å². The number of methoxy groups -OCH3 is 1. The predicted molar refractivity (Wildman–Crippen MR) is 262 cm³/mol. The van der Waals surface area contributed by atoms with Gasteiger partial charge in [-0.05, 0) is 86.4 Å². The molecule has 1 aromatic carbocycles. The van der Waals surface area contributed by atoms with Gasteiger partial charge < -0.3 is 38.8 Å². The molecule has 3 saturated heterocycles. The average molecular weight is 952 g/mol. The number of hydrazine groups is 1. The fraction of sp³-hybridized carbons (Fsp3) is 0.615. The second-order valence-corrected chi connectivity index (χ2v) is 20.6. The molecule has 0 radical (unpaired) electrons. The minimum atomic E-state index is -1.02. The van der Waals surface area contributed by atoms with Crippen molar-refractivity contribution in [2.45, 2.75) is 123 Å². The van der Waals surface area contributed by atoms with Crippen molar-refractivity contribution in [3.8, 4) is 11.3 Å². The molecule has 7 atom stereocenters. The van der Waals surface area contributed by atoms with Crippen molar-refractivity contribution < 1.29 is 38.2 Å². The third-order valence-corrected chi connectivity index (χ3v) is 14.8. The molecule has 69 heavy (non-hydrogen) atoms. The molecule has 374 valence electrons. The fourth-order valence-electron chi connectivity index (χ4n) is 11.2. The summed E-state index contributed by atoms with van der Waals surface area (Å²) in [6.45, 7) is 18.1. The highest BCUT2D eigenvalue weighted by Gasteiger charge is 2.46. The van der Waals surface area contributed by atoms with Gasteiger partial charge >= 0.3 is 12.0 Å². The summed E-state index contributed by atoms with van der Waals surface area (Å²) in [5.41, 5.74) is 10.0. The highest BCUT2D eigenvalue weighted by atomic mass is 16.5. The number of hydrogen-bond acceptors (Lipinski definition) is 11. The monoisotopic (exact) mass is 952 g/mol. The molecule has 0 saturated carbocycles. The lowest BCUT2D eigenvalue weighted by Crippen LogP contribution is -2.64. The van der Waals surface area contributed by atoms with Gasteiger partial charge in [-0.1, -0.05) is 46.8 Å². The summed E-state index contributed by atoms with van der Waals surface area (Å²) in [6, 6.07) is 7.43. The molecule has 2 unspecified atom stereocenters. The Hall–Kier alpha value is -5.36. The minimum absolute atomic E-state index is 0.0241. The number of pyridine rings is 1. The summed E-state index contributed by atoms with van der Waals surface area (Å²) >= 11 is 0. The van der Waals surface area contributed by atoms with Crippen LogP contribution >= 0.6 is 0 Å². The zero-order valence-corrected chi connectivity index (χ0v) is 42.1. The van der Waals surface area contributed by atoms with E-state index < -0.39 is 35.4 Å². The normalized spacial score (nSPS) is 25.1. The molecule has 5 amide bonds. The number of aryl methyl sites for hydroxylation is 1. The first-order valence-corrected chi connectivity index (χ1v) is 25.1. The van der Waals surface area contributed by atoms with Gasteiger partial charge in [-0.3, -0.25) is 34.1 Å². The van der Waals surface area contributed by atoms with Gasteiger partial charge in [0.2, 0.25) is 11.8 Å². The Bertz CT molecular complexity index is 2450. The molecule has 8 rings (SSSR count). The summed E-state index contributed by atoms with van der Waals surface area (Å²) in [5.74, 6) is -1.55. The van der Waals surface area contributed by atoms with E-state index in [9.17, 15) is 24.0 Å². The van der Waals surface area contributed by atoms with Gasteiger partial charge in [0.25, 0.3) is 5.91 Å². The van der Waals surface area contributed by atoms with Crippen molar-refractivity contribution in [2.75, 3.05) is 73.2 Å². The average Bonchev–Trinajstić information content (AvgIpc) is 3.93. The zero-order valence-electron chi connectivity index (χ0n) is 42.1. The van der Waals surface area contributed by atoms with E-state index in [0.717, 1.165) is 51.0 Å². The van der Waals surface area contributed by atoms with E-state index in [1.54, 1.807) is 25.3 Å². The van der Waals surface area contributed by atoms with Crippen LogP contribution in [0.1, 0.15) is 97.1 Å². The van der Waals surface area contributed by atoms with Gasteiger partial charge in [0.05, 0.1) is 49.4 Å². The number of carbonyl (C=O) groups is 5. The maximum absolute atomic E-state index is 14.8. The number of rotatable bonds is 9. The van der Waals surface area contributed by atoms with Crippen molar-refractivity contribution in [3.05, 3.63) is 59.4 Å². The lowest BCUT2D eigenvalue weighted by atomic mass is 9.84. The van der Waals surface area contributed by atoms with Gasteiger partial charge in [0.1, 0.15) is 18.1 Å². The standard InChI is InChI=1S/C52H73N9O8/c1-10-44(62)60-23-24-68-43-30-58(29-42(43)60)51(66)56(8)46(32(3)4)48(63)54-40-28-57-21-13-15-35(27-57)34-18-19-41-37(25-34)38(47(59(41)11-2)36-16-12-20-53-45(36)33(5)67-9)26-52(6,7)31-69-50(65)39-17-14-22-61(55-39)49(40)64/h12,15-16,18-20,25,32-33,39-40,42-43,46,55H,10-11,13-14,17,21-24,26-31H2,1-9H3,(H,54,63)/t33?,39-,40-,42+,43-,46-/m0/s1. The highest BCUT2D eigenvalue weighted by molar-refractivity contribution is 5.95. The molecule has 2 N–H and O–H groups in total. The topological polar surface area (TPSA) is 171 Å². The van der Waals surface area contributed by atoms with E-state index >= 15 is 0 Å². The molecule has 0 spiro atoms. The number of likely N-dealkylation sites (tertiary alicyclic amines) is 1. The third-order valence-electron chi connectivity index (χ3n) is 14.8. The van der Waals surface area contributed by atoms with E-state index in [0.29, 0.717) is 78.1 Å². The highest BCUT2D eigenvalue weighted by Crippen LogP contribution is 2.42. The minimum Gasteiger partial charge on any atom is -0.464 e. The van der Waals surface area contributed by atoms with E-state index in [1.165, 1.54) is 9.91 Å². The Labute approximate surface area is 406 Å². The summed E-state index contributed by atoms with van der Waals surface area (Å²) < 4.78 is 20.4. The van der Waals surface area contributed by atoms with Crippen molar-refractivity contribution in [3.63, 3.8) is 0 Å². The number of urea groups is 1. The van der Waals surface area contributed by atoms with Crippen molar-refractivity contribution >= 4 is 46.2 Å². The molecule has 5 aliphatic heterocycles. The lowest BCUT2D eigenvalue weighted by molar-refractivity contribution is -0.155. The van der Waals surface area contributed by atoms with E-state index in [4.69, 9.17) is 19.2 Å². The van der Waals surface area contributed by atoms with Crippen LogP contribution in [0.5, 0.6) is 0 Å². The zero-order chi connectivity index (χ0) is 49.3. The first kappa shape index (κ1) is 50.0. The van der Waals surface area contributed by atoms with Crippen LogP contribution in [0, 0.1) is 11.3 Å². The number of nitrogens with zero attached hydrogens (tertiary/aromatic N) is 7. The second-order valence-electron chi connectivity index (χ2n) is 20.6. The summed E-state index contributed by atoms with van der Waals surface area (Å²) in [6.07, 6.45) is 6.28. The van der Waals surface area contributed by atoms with E-state index in [2.05, 4.69) is 71.3 Å². The van der Waals surface area contributed by atoms with Gasteiger partial charge in [0.15, 0.2) is 0 Å². The number of cyclic esters (lactones) is 1. The fourth-order valence-corrected chi connectivity index (χ4v) is 11.2. The summed E-state index contributed by atoms with van der Waals surface area (Å²) in [7, 11) is 3.32. The number of ether oxygens (including phenoxy) is 3. The predicted octanol–water partition coefficient (Wildman–Crippen LogP) is 5.02. The number of nitrogens with one attached hydrogen (secondary N) is 2. The number of hydrogen-bond donors (Lipinski definition) is 2. The third kappa shape index (κ3) is 10.3. The van der Waals surface area contributed by atoms with Crippen molar-refractivity contribution in [1.82, 2.24) is 44.9 Å². The summed E-state index contributed by atoms with van der Waals surface area (Å²) in [4.78, 5) is 82.6. The number of esters is 1. The number of aromatic nitrogens is 2. The van der Waals surface area contributed by atoms with Crippen LogP contribution in [0.4, 0.5) is 4.79 Å². The van der Waals surface area contributed by atoms with Gasteiger partial charge in [-0.25, -0.2) is 10.2 Å². The maximum Gasteiger partial charge on any atom is 0.324 e. The van der Waals surface area contributed by atoms with Crippen LogP contribution in [0.25, 0.3) is 27.7 Å². The van der Waals surface area contributed by atoms with E-state index in [-0.39, 0.29) is 55.2 Å². The first-order valence-electron chi connectivity index (χ1n) is 25.1. The van der Waals surface area contributed by atoms with Crippen molar-refractivity contribution in [1.29, 1.82) is 0 Å². The smallest absolute Gasteiger partial charge is 0.324 e. The lowest BCUT2D eigenvalue weighted by Gasteiger charge is -2.38. The number of amides is 5. The number of fused-ring (bicyclic) bond motifs is 7. The van der Waals surface area contributed by atoms with Gasteiger partial charge in [-0.2, -0.15) is 0 Å². The van der Waals surface area contributed by atoms with Gasteiger partial charge in [0, 0.05) is 94.5 Å². The molecule has 0 aliphatic carbocycles. The molecule has 3 fully saturated rings. The van der Waals surface area contributed by atoms with Crippen LogP contribution in [0.3, 0.4) is 0 Å². The quantitative estimate of drug-likeness (QED) is 0.276. The largest absolute Gasteiger partial charge is 0.464 e. The molecular weight excluding hydrogens is 879 g/mol. The number of benzene rings is 1. The number of carbonyl (C=O) groups excluding carboxylic acids is 5. The SMILES string of the molecule is CCC(=O)N1CCO[C@H]2CN(C(=O)N(C)[C@H](C(=O)N[C@H]3CN4CCC=C(C4)c4ccc5c(c4)c(c(-c4cccnc4C(C)OC)n5CC)CC(C)(C)COC(=O)[C@@H]4CCCN(N4)C3=O)C(C)C)C[C@H]21. The second kappa shape index (κ2) is 20.9. The Morgan fingerprint density at radius 3 is 2.59 bits per heavy atom. The van der Waals surface area contributed by atoms with Crippen LogP contribution in [0.15, 0.2) is 42.6 Å². The molecule has 5 aliphatic rings. The number of morpholine rings is 1. The number of likely N-dealkylation sites (N-methyl/N-ethyl adjacent to an activating group) is 1. The molecule has 3 aromatic rings. The Kier molecular flexibility index (Phi) is 15.2. The van der Waals surface area contributed by atoms with Crippen LogP contribution in [0.2, 0.25) is 0 Å². The van der Waals surface area contributed by atoms with Crippen LogP contribution in [-0.2, 0) is 46.4 Å². The van der Waals surface area contributed by atoms with Crippen LogP contribution < -0.4 is 10.7 Å². The first-order chi connectivity index (χ1) is 33.0. The van der Waals surface area contributed by atoms with Crippen LogP contribution in [-0.4, -0.2) is 167 Å². The Morgan fingerprint density at radius 1 is 1.06 bits per heavy atom. The molecule has 7 heterocycles. The summed E-state index contributed by atoms with van der Waals surface area (Å²) in [5, 5.41) is 5.70. The molecule has 6 bridgehead atoms.